The molecule has 2 amide bonds. The molecule has 0 aromatic carbocycles. The van der Waals surface area contributed by atoms with E-state index in [4.69, 9.17) is 5.73 Å². The van der Waals surface area contributed by atoms with E-state index in [1.54, 1.807) is 7.05 Å². The van der Waals surface area contributed by atoms with Crippen LogP contribution in [0.4, 0.5) is 0 Å². The second-order valence-electron chi connectivity index (χ2n) is 2.73. The highest BCUT2D eigenvalue weighted by molar-refractivity contribution is 5.82. The van der Waals surface area contributed by atoms with Crippen molar-refractivity contribution in [2.24, 2.45) is 5.73 Å². The van der Waals surface area contributed by atoms with Gasteiger partial charge in [-0.15, -0.1) is 0 Å². The summed E-state index contributed by atoms with van der Waals surface area (Å²) in [6, 6.07) is -0.468. The summed E-state index contributed by atoms with van der Waals surface area (Å²) in [5.41, 5.74) is 5.45. The normalized spacial score (nSPS) is 11.9. The minimum Gasteiger partial charge on any atom is -0.359 e. The van der Waals surface area contributed by atoms with Gasteiger partial charge in [-0.3, -0.25) is 9.59 Å². The van der Waals surface area contributed by atoms with Crippen LogP contribution in [0.3, 0.4) is 0 Å². The number of rotatable bonds is 5. The number of carbonyl (C=O) groups is 2. The van der Waals surface area contributed by atoms with Crippen molar-refractivity contribution >= 4 is 11.8 Å². The van der Waals surface area contributed by atoms with Gasteiger partial charge in [0, 0.05) is 20.0 Å². The molecule has 0 aromatic heterocycles. The summed E-state index contributed by atoms with van der Waals surface area (Å²) in [6.45, 7) is 2.18. The first-order chi connectivity index (χ1) is 6.11. The SMILES string of the molecule is CCC(N)C(=O)NCCC(=O)NC. The van der Waals surface area contributed by atoms with E-state index in [2.05, 4.69) is 10.6 Å². The number of nitrogens with two attached hydrogens (primary N) is 1. The Hall–Kier alpha value is -1.10. The maximum atomic E-state index is 11.1. The Kier molecular flexibility index (Phi) is 5.88. The fourth-order valence-corrected chi connectivity index (χ4v) is 0.741. The smallest absolute Gasteiger partial charge is 0.236 e. The highest BCUT2D eigenvalue weighted by atomic mass is 16.2. The van der Waals surface area contributed by atoms with E-state index in [0.29, 0.717) is 19.4 Å². The summed E-state index contributed by atoms with van der Waals surface area (Å²) < 4.78 is 0. The van der Waals surface area contributed by atoms with Gasteiger partial charge >= 0.3 is 0 Å². The molecule has 4 N–H and O–H groups in total. The van der Waals surface area contributed by atoms with E-state index >= 15 is 0 Å². The van der Waals surface area contributed by atoms with Gasteiger partial charge in [0.25, 0.3) is 0 Å². The first kappa shape index (κ1) is 11.9. The molecule has 0 spiro atoms. The van der Waals surface area contributed by atoms with Crippen molar-refractivity contribution in [3.8, 4) is 0 Å². The third-order valence-electron chi connectivity index (χ3n) is 1.71. The fourth-order valence-electron chi connectivity index (χ4n) is 0.741. The van der Waals surface area contributed by atoms with Crippen LogP contribution in [-0.4, -0.2) is 31.4 Å². The summed E-state index contributed by atoms with van der Waals surface area (Å²) in [5.74, 6) is -0.295. The Morgan fingerprint density at radius 2 is 2.08 bits per heavy atom. The standard InChI is InChI=1S/C8H17N3O2/c1-3-6(9)8(13)11-5-4-7(12)10-2/h6H,3-5,9H2,1-2H3,(H,10,12)(H,11,13). The van der Waals surface area contributed by atoms with Crippen LogP contribution in [-0.2, 0) is 9.59 Å². The number of hydrogen-bond acceptors (Lipinski definition) is 3. The average molecular weight is 187 g/mol. The number of nitrogens with one attached hydrogen (secondary N) is 2. The van der Waals surface area contributed by atoms with Crippen LogP contribution in [0, 0.1) is 0 Å². The average Bonchev–Trinajstić information content (AvgIpc) is 2.15. The summed E-state index contributed by atoms with van der Waals surface area (Å²) in [4.78, 5) is 21.8. The molecule has 0 aliphatic rings. The molecule has 13 heavy (non-hydrogen) atoms. The molecule has 0 aromatic rings. The predicted molar refractivity (Wildman–Crippen MR) is 50.0 cm³/mol. The Morgan fingerprint density at radius 1 is 1.46 bits per heavy atom. The van der Waals surface area contributed by atoms with E-state index in [0.717, 1.165) is 0 Å². The summed E-state index contributed by atoms with van der Waals surface area (Å²) in [6.07, 6.45) is 0.893. The fraction of sp³-hybridized carbons (Fsp3) is 0.750. The topological polar surface area (TPSA) is 84.2 Å². The number of amides is 2. The maximum absolute atomic E-state index is 11.1. The second kappa shape index (κ2) is 6.42. The van der Waals surface area contributed by atoms with Gasteiger partial charge < -0.3 is 16.4 Å². The molecule has 0 saturated carbocycles. The molecule has 0 aliphatic heterocycles. The lowest BCUT2D eigenvalue weighted by molar-refractivity contribution is -0.123. The van der Waals surface area contributed by atoms with Gasteiger partial charge in [0.15, 0.2) is 0 Å². The van der Waals surface area contributed by atoms with Gasteiger partial charge in [-0.25, -0.2) is 0 Å². The minimum atomic E-state index is -0.468. The van der Waals surface area contributed by atoms with Crippen LogP contribution in [0.2, 0.25) is 0 Å². The minimum absolute atomic E-state index is 0.0923. The molecule has 0 fully saturated rings. The zero-order valence-electron chi connectivity index (χ0n) is 8.09. The van der Waals surface area contributed by atoms with Gasteiger partial charge in [-0.05, 0) is 6.42 Å². The molecule has 1 atom stereocenters. The summed E-state index contributed by atoms with van der Waals surface area (Å²) in [5, 5.41) is 5.03. The van der Waals surface area contributed by atoms with E-state index in [1.807, 2.05) is 6.92 Å². The lowest BCUT2D eigenvalue weighted by Crippen LogP contribution is -2.41. The van der Waals surface area contributed by atoms with Crippen molar-refractivity contribution in [2.45, 2.75) is 25.8 Å². The lowest BCUT2D eigenvalue weighted by atomic mass is 10.2. The third-order valence-corrected chi connectivity index (χ3v) is 1.71. The van der Waals surface area contributed by atoms with E-state index in [9.17, 15) is 9.59 Å². The van der Waals surface area contributed by atoms with Crippen molar-refractivity contribution in [1.82, 2.24) is 10.6 Å². The van der Waals surface area contributed by atoms with Crippen LogP contribution >= 0.6 is 0 Å². The largest absolute Gasteiger partial charge is 0.359 e. The van der Waals surface area contributed by atoms with Crippen LogP contribution < -0.4 is 16.4 Å². The van der Waals surface area contributed by atoms with Crippen molar-refractivity contribution in [1.29, 1.82) is 0 Å². The predicted octanol–water partition coefficient (Wildman–Crippen LogP) is -1.02. The van der Waals surface area contributed by atoms with Gasteiger partial charge in [0.2, 0.25) is 11.8 Å². The lowest BCUT2D eigenvalue weighted by Gasteiger charge is -2.08. The van der Waals surface area contributed by atoms with Gasteiger partial charge in [-0.1, -0.05) is 6.92 Å². The molecule has 0 saturated heterocycles. The summed E-state index contributed by atoms with van der Waals surface area (Å²) in [7, 11) is 1.56. The Bertz CT molecular complexity index is 182. The Labute approximate surface area is 78.1 Å². The van der Waals surface area contributed by atoms with Crippen molar-refractivity contribution in [3.05, 3.63) is 0 Å². The molecular weight excluding hydrogens is 170 g/mol. The zero-order valence-corrected chi connectivity index (χ0v) is 8.09. The first-order valence-electron chi connectivity index (χ1n) is 4.35. The van der Waals surface area contributed by atoms with Gasteiger partial charge in [-0.2, -0.15) is 0 Å². The van der Waals surface area contributed by atoms with Crippen molar-refractivity contribution < 1.29 is 9.59 Å². The summed E-state index contributed by atoms with van der Waals surface area (Å²) >= 11 is 0. The highest BCUT2D eigenvalue weighted by Gasteiger charge is 2.09. The second-order valence-corrected chi connectivity index (χ2v) is 2.73. The van der Waals surface area contributed by atoms with E-state index in [1.165, 1.54) is 0 Å². The molecule has 0 bridgehead atoms. The maximum Gasteiger partial charge on any atom is 0.236 e. The monoisotopic (exact) mass is 187 g/mol. The van der Waals surface area contributed by atoms with Crippen LogP contribution in [0.15, 0.2) is 0 Å². The van der Waals surface area contributed by atoms with Crippen molar-refractivity contribution in [3.63, 3.8) is 0 Å². The van der Waals surface area contributed by atoms with Crippen LogP contribution in [0.5, 0.6) is 0 Å². The molecule has 0 rings (SSSR count). The molecule has 0 heterocycles. The van der Waals surface area contributed by atoms with Gasteiger partial charge in [0.05, 0.1) is 6.04 Å². The van der Waals surface area contributed by atoms with E-state index in [-0.39, 0.29) is 11.8 Å². The molecule has 5 heteroatoms. The van der Waals surface area contributed by atoms with Crippen molar-refractivity contribution in [2.75, 3.05) is 13.6 Å². The van der Waals surface area contributed by atoms with Gasteiger partial charge in [0.1, 0.15) is 0 Å². The number of hydrogen-bond donors (Lipinski definition) is 3. The molecule has 0 aliphatic carbocycles. The third kappa shape index (κ3) is 5.19. The number of carbonyl (C=O) groups excluding carboxylic acids is 2. The molecule has 1 unspecified atom stereocenters. The molecule has 5 nitrogen and oxygen atoms in total. The van der Waals surface area contributed by atoms with Crippen LogP contribution in [0.1, 0.15) is 19.8 Å². The highest BCUT2D eigenvalue weighted by Crippen LogP contribution is 1.85. The Balaban J connectivity index is 3.53. The van der Waals surface area contributed by atoms with E-state index < -0.39 is 6.04 Å². The molecule has 76 valence electrons. The Morgan fingerprint density at radius 3 is 2.54 bits per heavy atom. The first-order valence-corrected chi connectivity index (χ1v) is 4.35. The molecular formula is C8H17N3O2. The zero-order chi connectivity index (χ0) is 10.3. The molecule has 0 radical (unpaired) electrons. The quantitative estimate of drug-likeness (QED) is 0.515. The van der Waals surface area contributed by atoms with Crippen LogP contribution in [0.25, 0.3) is 0 Å².